The summed E-state index contributed by atoms with van der Waals surface area (Å²) in [7, 11) is 0. The van der Waals surface area contributed by atoms with Crippen LogP contribution in [-0.4, -0.2) is 39.4 Å². The highest BCUT2D eigenvalue weighted by Gasteiger charge is 2.26. The van der Waals surface area contributed by atoms with E-state index in [1.807, 2.05) is 12.1 Å². The second-order valence-corrected chi connectivity index (χ2v) is 8.78. The SMILES string of the molecule is O=C(/C=C/c1ccc(Cl)cc1)Nc1ccc(C(=O)N2CCc3nc(C(=O)NO)sc3C2)cc1. The molecule has 0 unspecified atom stereocenters. The van der Waals surface area contributed by atoms with Crippen molar-refractivity contribution in [3.8, 4) is 0 Å². The maximum absolute atomic E-state index is 12.9. The molecule has 8 nitrogen and oxygen atoms in total. The lowest BCUT2D eigenvalue weighted by Gasteiger charge is -2.26. The standard InChI is InChI=1S/C23H19ClN4O4S/c24-16-6-1-14(2-7-16)3-10-20(29)25-17-8-4-15(5-9-17)23(31)28-12-11-18-19(13-28)33-22(26-18)21(30)27-32/h1-10,32H,11-13H2,(H,25,29)(H,27,30)/b10-3+. The van der Waals surface area contributed by atoms with Crippen molar-refractivity contribution in [2.24, 2.45) is 0 Å². The van der Waals surface area contributed by atoms with Crippen LogP contribution in [0.1, 0.15) is 36.3 Å². The van der Waals surface area contributed by atoms with E-state index in [0.717, 1.165) is 27.5 Å². The van der Waals surface area contributed by atoms with Crippen molar-refractivity contribution in [1.29, 1.82) is 0 Å². The number of carbonyl (C=O) groups is 3. The Morgan fingerprint density at radius 3 is 2.52 bits per heavy atom. The number of benzene rings is 2. The number of hydrogen-bond donors (Lipinski definition) is 3. The van der Waals surface area contributed by atoms with Gasteiger partial charge >= 0.3 is 5.91 Å². The van der Waals surface area contributed by atoms with Crippen molar-refractivity contribution < 1.29 is 19.6 Å². The second kappa shape index (κ2) is 9.95. The fourth-order valence-corrected chi connectivity index (χ4v) is 4.46. The van der Waals surface area contributed by atoms with Gasteiger partial charge in [0, 0.05) is 40.2 Å². The molecular formula is C23H19ClN4O4S. The number of hydrogen-bond acceptors (Lipinski definition) is 6. The van der Waals surface area contributed by atoms with Crippen LogP contribution < -0.4 is 10.8 Å². The van der Waals surface area contributed by atoms with Crippen LogP contribution in [0.25, 0.3) is 6.08 Å². The van der Waals surface area contributed by atoms with E-state index in [-0.39, 0.29) is 16.8 Å². The molecule has 3 aromatic rings. The molecule has 0 saturated carbocycles. The molecule has 0 atom stereocenters. The van der Waals surface area contributed by atoms with Gasteiger partial charge in [0.25, 0.3) is 5.91 Å². The number of rotatable bonds is 5. The average Bonchev–Trinajstić information content (AvgIpc) is 3.27. The lowest BCUT2D eigenvalue weighted by molar-refractivity contribution is -0.111. The zero-order valence-electron chi connectivity index (χ0n) is 17.2. The molecule has 168 valence electrons. The predicted molar refractivity (Wildman–Crippen MR) is 125 cm³/mol. The number of anilines is 1. The summed E-state index contributed by atoms with van der Waals surface area (Å²) in [4.78, 5) is 43.4. The molecule has 33 heavy (non-hydrogen) atoms. The molecule has 0 aliphatic carbocycles. The second-order valence-electron chi connectivity index (χ2n) is 7.26. The number of carbonyl (C=O) groups excluding carboxylic acids is 3. The average molecular weight is 483 g/mol. The zero-order valence-corrected chi connectivity index (χ0v) is 18.8. The van der Waals surface area contributed by atoms with Crippen molar-refractivity contribution >= 4 is 52.4 Å². The third kappa shape index (κ3) is 5.46. The normalized spacial score (nSPS) is 13.0. The zero-order chi connectivity index (χ0) is 23.4. The van der Waals surface area contributed by atoms with Crippen LogP contribution in [0.15, 0.2) is 54.6 Å². The third-order valence-electron chi connectivity index (χ3n) is 5.01. The van der Waals surface area contributed by atoms with Gasteiger partial charge in [-0.05, 0) is 48.0 Å². The van der Waals surface area contributed by atoms with Crippen molar-refractivity contribution in [1.82, 2.24) is 15.4 Å². The van der Waals surface area contributed by atoms with Gasteiger partial charge in [-0.1, -0.05) is 23.7 Å². The van der Waals surface area contributed by atoms with Gasteiger partial charge in [0.05, 0.1) is 12.2 Å². The number of nitrogens with zero attached hydrogens (tertiary/aromatic N) is 2. The quantitative estimate of drug-likeness (QED) is 0.291. The molecule has 1 aromatic heterocycles. The Morgan fingerprint density at radius 2 is 1.82 bits per heavy atom. The van der Waals surface area contributed by atoms with Gasteiger partial charge in [-0.2, -0.15) is 0 Å². The summed E-state index contributed by atoms with van der Waals surface area (Å²) in [6.45, 7) is 0.822. The van der Waals surface area contributed by atoms with Crippen LogP contribution in [-0.2, 0) is 17.8 Å². The van der Waals surface area contributed by atoms with Crippen molar-refractivity contribution in [3.05, 3.63) is 86.3 Å². The van der Waals surface area contributed by atoms with Crippen LogP contribution in [0.5, 0.6) is 0 Å². The molecule has 0 spiro atoms. The number of thiazole rings is 1. The van der Waals surface area contributed by atoms with Crippen molar-refractivity contribution in [2.45, 2.75) is 13.0 Å². The minimum Gasteiger partial charge on any atom is -0.333 e. The lowest BCUT2D eigenvalue weighted by atomic mass is 10.1. The number of nitrogens with one attached hydrogen (secondary N) is 2. The topological polar surface area (TPSA) is 112 Å². The largest absolute Gasteiger partial charge is 0.333 e. The van der Waals surface area contributed by atoms with Gasteiger partial charge in [0.1, 0.15) is 0 Å². The smallest absolute Gasteiger partial charge is 0.303 e. The Bertz CT molecular complexity index is 1220. The molecule has 1 aliphatic rings. The van der Waals surface area contributed by atoms with Crippen molar-refractivity contribution in [2.75, 3.05) is 11.9 Å². The van der Waals surface area contributed by atoms with Gasteiger partial charge < -0.3 is 10.2 Å². The minimum absolute atomic E-state index is 0.150. The van der Waals surface area contributed by atoms with E-state index >= 15 is 0 Å². The highest BCUT2D eigenvalue weighted by Crippen LogP contribution is 2.26. The predicted octanol–water partition coefficient (Wildman–Crippen LogP) is 3.77. The van der Waals surface area contributed by atoms with E-state index in [2.05, 4.69) is 10.3 Å². The highest BCUT2D eigenvalue weighted by molar-refractivity contribution is 7.13. The molecule has 0 radical (unpaired) electrons. The van der Waals surface area contributed by atoms with Crippen LogP contribution in [0.4, 0.5) is 5.69 Å². The number of amides is 3. The summed E-state index contributed by atoms with van der Waals surface area (Å²) in [6.07, 6.45) is 3.64. The molecule has 4 rings (SSSR count). The summed E-state index contributed by atoms with van der Waals surface area (Å²) in [6, 6.07) is 13.8. The minimum atomic E-state index is -0.659. The highest BCUT2D eigenvalue weighted by atomic mass is 35.5. The maximum Gasteiger partial charge on any atom is 0.303 e. The van der Waals surface area contributed by atoms with E-state index in [0.29, 0.717) is 35.8 Å². The van der Waals surface area contributed by atoms with Crippen LogP contribution >= 0.6 is 22.9 Å². The summed E-state index contributed by atoms with van der Waals surface area (Å²) in [5.41, 5.74) is 4.26. The number of aromatic nitrogens is 1. The number of hydroxylamine groups is 1. The number of halogens is 1. The molecule has 0 fully saturated rings. The van der Waals surface area contributed by atoms with E-state index < -0.39 is 5.91 Å². The Labute approximate surface area is 198 Å². The Balaban J connectivity index is 1.36. The summed E-state index contributed by atoms with van der Waals surface area (Å²) >= 11 is 7.01. The van der Waals surface area contributed by atoms with E-state index in [4.69, 9.17) is 16.8 Å². The van der Waals surface area contributed by atoms with Gasteiger partial charge in [0.15, 0.2) is 5.01 Å². The van der Waals surface area contributed by atoms with Gasteiger partial charge in [-0.3, -0.25) is 19.6 Å². The molecule has 2 aromatic carbocycles. The maximum atomic E-state index is 12.9. The van der Waals surface area contributed by atoms with Crippen LogP contribution in [0.3, 0.4) is 0 Å². The van der Waals surface area contributed by atoms with E-state index in [1.165, 1.54) is 6.08 Å². The molecule has 3 N–H and O–H groups in total. The summed E-state index contributed by atoms with van der Waals surface area (Å²) in [5, 5.41) is 12.3. The van der Waals surface area contributed by atoms with E-state index in [9.17, 15) is 14.4 Å². The van der Waals surface area contributed by atoms with Gasteiger partial charge in [0.2, 0.25) is 5.91 Å². The fourth-order valence-electron chi connectivity index (χ4n) is 3.32. The molecule has 2 heterocycles. The third-order valence-corrected chi connectivity index (χ3v) is 6.34. The van der Waals surface area contributed by atoms with Gasteiger partial charge in [-0.15, -0.1) is 11.3 Å². The molecule has 10 heteroatoms. The first-order valence-corrected chi connectivity index (χ1v) is 11.2. The van der Waals surface area contributed by atoms with Crippen LogP contribution in [0.2, 0.25) is 5.02 Å². The molecule has 0 bridgehead atoms. The molecule has 3 amide bonds. The Morgan fingerprint density at radius 1 is 1.09 bits per heavy atom. The monoisotopic (exact) mass is 482 g/mol. The Hall–Kier alpha value is -3.53. The fraction of sp³-hybridized carbons (Fsp3) is 0.130. The van der Waals surface area contributed by atoms with Gasteiger partial charge in [-0.25, -0.2) is 10.5 Å². The Kier molecular flexibility index (Phi) is 6.83. The first-order valence-electron chi connectivity index (χ1n) is 10.00. The molecular weight excluding hydrogens is 464 g/mol. The molecule has 1 aliphatic heterocycles. The lowest BCUT2D eigenvalue weighted by Crippen LogP contribution is -2.35. The van der Waals surface area contributed by atoms with Crippen LogP contribution in [0, 0.1) is 0 Å². The van der Waals surface area contributed by atoms with Crippen molar-refractivity contribution in [3.63, 3.8) is 0 Å². The summed E-state index contributed by atoms with van der Waals surface area (Å²) in [5.74, 6) is -1.10. The number of fused-ring (bicyclic) bond motifs is 1. The summed E-state index contributed by atoms with van der Waals surface area (Å²) < 4.78 is 0. The first-order chi connectivity index (χ1) is 15.9. The van der Waals surface area contributed by atoms with E-state index in [1.54, 1.807) is 52.9 Å². The molecule has 0 saturated heterocycles. The first kappa shape index (κ1) is 22.7.